The lowest BCUT2D eigenvalue weighted by molar-refractivity contribution is -0.319. The Labute approximate surface area is 303 Å². The van der Waals surface area contributed by atoms with E-state index in [0.29, 0.717) is 39.4 Å². The van der Waals surface area contributed by atoms with E-state index < -0.39 is 25.7 Å². The number of hydrogen-bond donors (Lipinski definition) is 1. The SMILES string of the molecule is CCCCOC1C(CCC(C)(C)[Si](O)(c2ccccc2)c2ccccc2)OC(OCCCCCCN=[N+]=[N-])C(OCCCC)C1OCCCC. The fraction of sp³-hybridized carbons (Fsp3) is 0.700. The van der Waals surface area contributed by atoms with Gasteiger partial charge in [0.25, 0.3) is 8.32 Å². The highest BCUT2D eigenvalue weighted by Gasteiger charge is 2.52. The van der Waals surface area contributed by atoms with Crippen molar-refractivity contribution in [2.45, 2.75) is 147 Å². The predicted molar refractivity (Wildman–Crippen MR) is 204 cm³/mol. The fourth-order valence-corrected chi connectivity index (χ4v) is 10.5. The number of nitrogens with zero attached hydrogens (tertiary/aromatic N) is 3. The highest BCUT2D eigenvalue weighted by atomic mass is 28.4. The van der Waals surface area contributed by atoms with Crippen molar-refractivity contribution < 1.29 is 28.5 Å². The number of benzene rings is 2. The van der Waals surface area contributed by atoms with Crippen molar-refractivity contribution in [1.82, 2.24) is 0 Å². The van der Waals surface area contributed by atoms with E-state index in [-0.39, 0.29) is 18.3 Å². The van der Waals surface area contributed by atoms with E-state index in [9.17, 15) is 4.80 Å². The Morgan fingerprint density at radius 3 is 1.74 bits per heavy atom. The van der Waals surface area contributed by atoms with E-state index in [0.717, 1.165) is 81.0 Å². The molecule has 2 aromatic rings. The van der Waals surface area contributed by atoms with Gasteiger partial charge >= 0.3 is 0 Å². The Bertz CT molecular complexity index is 1180. The van der Waals surface area contributed by atoms with Gasteiger partial charge in [-0.1, -0.05) is 133 Å². The third-order valence-electron chi connectivity index (χ3n) is 9.93. The van der Waals surface area contributed by atoms with Gasteiger partial charge in [0.1, 0.15) is 18.3 Å². The molecule has 2 aromatic carbocycles. The second-order valence-corrected chi connectivity index (χ2v) is 18.1. The minimum atomic E-state index is -3.21. The normalized spacial score (nSPS) is 21.2. The van der Waals surface area contributed by atoms with E-state index in [1.807, 2.05) is 36.4 Å². The molecule has 0 aromatic heterocycles. The summed E-state index contributed by atoms with van der Waals surface area (Å²) in [4.78, 5) is 15.7. The molecule has 0 radical (unpaired) electrons. The van der Waals surface area contributed by atoms with Crippen LogP contribution in [-0.4, -0.2) is 76.8 Å². The number of ether oxygens (including phenoxy) is 5. The molecule has 0 spiro atoms. The second kappa shape index (κ2) is 23.3. The van der Waals surface area contributed by atoms with Gasteiger partial charge in [-0.3, -0.25) is 0 Å². The molecular formula is C40H65N3O6Si. The summed E-state index contributed by atoms with van der Waals surface area (Å²) in [5, 5.41) is 5.21. The summed E-state index contributed by atoms with van der Waals surface area (Å²) in [5.74, 6) is 0. The van der Waals surface area contributed by atoms with Crippen molar-refractivity contribution >= 4 is 18.7 Å². The Hall–Kier alpha value is -2.27. The summed E-state index contributed by atoms with van der Waals surface area (Å²) in [7, 11) is -3.21. The van der Waals surface area contributed by atoms with Crippen LogP contribution in [0.1, 0.15) is 112 Å². The average molecular weight is 712 g/mol. The van der Waals surface area contributed by atoms with Gasteiger partial charge in [-0.2, -0.15) is 0 Å². The van der Waals surface area contributed by atoms with Crippen LogP contribution >= 0.6 is 0 Å². The maximum absolute atomic E-state index is 12.9. The molecule has 1 saturated heterocycles. The summed E-state index contributed by atoms with van der Waals surface area (Å²) in [6.45, 7) is 13.8. The smallest absolute Gasteiger partial charge is 0.258 e. The molecule has 1 heterocycles. The Kier molecular flexibility index (Phi) is 19.7. The van der Waals surface area contributed by atoms with Crippen molar-refractivity contribution in [2.24, 2.45) is 5.11 Å². The lowest BCUT2D eigenvalue weighted by atomic mass is 9.92. The Morgan fingerprint density at radius 1 is 0.700 bits per heavy atom. The van der Waals surface area contributed by atoms with Gasteiger partial charge in [0.05, 0.1) is 6.10 Å². The van der Waals surface area contributed by atoms with E-state index in [1.165, 1.54) is 0 Å². The van der Waals surface area contributed by atoms with Gasteiger partial charge in [-0.25, -0.2) is 0 Å². The Morgan fingerprint density at radius 2 is 1.20 bits per heavy atom. The first-order valence-corrected chi connectivity index (χ1v) is 21.2. The fourth-order valence-electron chi connectivity index (χ4n) is 6.78. The molecule has 5 atom stereocenters. The monoisotopic (exact) mass is 711 g/mol. The lowest BCUT2D eigenvalue weighted by Gasteiger charge is -2.47. The molecule has 9 nitrogen and oxygen atoms in total. The molecule has 1 aliphatic rings. The van der Waals surface area contributed by atoms with E-state index in [2.05, 4.69) is 68.9 Å². The summed E-state index contributed by atoms with van der Waals surface area (Å²) >= 11 is 0. The zero-order valence-corrected chi connectivity index (χ0v) is 32.5. The molecule has 0 amide bonds. The zero-order chi connectivity index (χ0) is 36.1. The largest absolute Gasteiger partial charge is 0.424 e. The van der Waals surface area contributed by atoms with Crippen LogP contribution in [0.25, 0.3) is 10.4 Å². The topological polar surface area (TPSA) is 115 Å². The van der Waals surface area contributed by atoms with Crippen LogP contribution in [0.2, 0.25) is 5.04 Å². The van der Waals surface area contributed by atoms with Crippen LogP contribution in [0.4, 0.5) is 0 Å². The van der Waals surface area contributed by atoms with E-state index in [4.69, 9.17) is 29.2 Å². The van der Waals surface area contributed by atoms with Gasteiger partial charge in [0.2, 0.25) is 0 Å². The van der Waals surface area contributed by atoms with Crippen LogP contribution < -0.4 is 10.4 Å². The van der Waals surface area contributed by atoms with Crippen molar-refractivity contribution in [3.8, 4) is 0 Å². The summed E-state index contributed by atoms with van der Waals surface area (Å²) in [6, 6.07) is 20.4. The summed E-state index contributed by atoms with van der Waals surface area (Å²) in [6.07, 6.45) is 9.05. The molecule has 5 unspecified atom stereocenters. The van der Waals surface area contributed by atoms with Crippen LogP contribution in [0.3, 0.4) is 0 Å². The zero-order valence-electron chi connectivity index (χ0n) is 31.5. The van der Waals surface area contributed by atoms with Gasteiger partial charge in [-0.15, -0.1) is 0 Å². The van der Waals surface area contributed by atoms with E-state index in [1.54, 1.807) is 0 Å². The summed E-state index contributed by atoms with van der Waals surface area (Å²) in [5.41, 5.74) is 8.55. The first-order chi connectivity index (χ1) is 24.3. The third kappa shape index (κ3) is 12.4. The number of rotatable bonds is 26. The second-order valence-electron chi connectivity index (χ2n) is 14.2. The summed E-state index contributed by atoms with van der Waals surface area (Å²) < 4.78 is 33.4. The number of unbranched alkanes of at least 4 members (excludes halogenated alkanes) is 6. The lowest BCUT2D eigenvalue weighted by Crippen LogP contribution is -2.66. The van der Waals surface area contributed by atoms with Crippen LogP contribution in [0.15, 0.2) is 65.8 Å². The standard InChI is InChI=1S/C40H65N3O6Si/c1-6-9-29-45-36-35(26-27-40(4,5)50(44,33-22-16-14-17-23-33)34-24-18-15-19-25-34)49-39(48-32-21-13-12-20-28-42-43-41)38(47-31-11-8-3)37(36)46-30-10-7-2/h14-19,22-25,35-39,44H,6-13,20-21,26-32H2,1-5H3. The molecule has 10 heteroatoms. The molecule has 1 fully saturated rings. The van der Waals surface area contributed by atoms with Crippen LogP contribution in [-0.2, 0) is 23.7 Å². The average Bonchev–Trinajstić information content (AvgIpc) is 3.13. The number of hydrogen-bond acceptors (Lipinski definition) is 7. The molecule has 0 aliphatic carbocycles. The first kappa shape index (κ1) is 42.1. The minimum absolute atomic E-state index is 0.303. The van der Waals surface area contributed by atoms with Crippen molar-refractivity contribution in [3.63, 3.8) is 0 Å². The van der Waals surface area contributed by atoms with Crippen molar-refractivity contribution in [2.75, 3.05) is 33.0 Å². The maximum Gasteiger partial charge on any atom is 0.258 e. The molecule has 1 N–H and O–H groups in total. The molecule has 50 heavy (non-hydrogen) atoms. The van der Waals surface area contributed by atoms with Crippen LogP contribution in [0.5, 0.6) is 0 Å². The third-order valence-corrected chi connectivity index (χ3v) is 14.5. The quantitative estimate of drug-likeness (QED) is 0.0344. The molecule has 3 rings (SSSR count). The van der Waals surface area contributed by atoms with Crippen LogP contribution in [0, 0.1) is 0 Å². The Balaban J connectivity index is 1.91. The van der Waals surface area contributed by atoms with Gasteiger partial charge in [0, 0.05) is 37.9 Å². The van der Waals surface area contributed by atoms with Gasteiger partial charge in [-0.05, 0) is 65.9 Å². The van der Waals surface area contributed by atoms with Crippen molar-refractivity contribution in [3.05, 3.63) is 71.1 Å². The molecule has 1 aliphatic heterocycles. The van der Waals surface area contributed by atoms with Gasteiger partial charge < -0.3 is 28.5 Å². The molecule has 0 saturated carbocycles. The first-order valence-electron chi connectivity index (χ1n) is 19.3. The van der Waals surface area contributed by atoms with E-state index >= 15 is 0 Å². The molecule has 0 bridgehead atoms. The highest BCUT2D eigenvalue weighted by molar-refractivity contribution is 6.98. The minimum Gasteiger partial charge on any atom is -0.424 e. The maximum atomic E-state index is 12.9. The predicted octanol–water partition coefficient (Wildman–Crippen LogP) is 8.47. The molecule has 280 valence electrons. The number of azide groups is 1. The molecular weight excluding hydrogens is 647 g/mol. The highest BCUT2D eigenvalue weighted by Crippen LogP contribution is 2.42. The van der Waals surface area contributed by atoms with Gasteiger partial charge in [0.15, 0.2) is 6.29 Å². The van der Waals surface area contributed by atoms with Crippen molar-refractivity contribution in [1.29, 1.82) is 0 Å².